The number of benzene rings is 8. The van der Waals surface area contributed by atoms with Crippen molar-refractivity contribution >= 4 is 42.9 Å². The first-order valence-corrected chi connectivity index (χ1v) is 42.0. The molecule has 2 fully saturated rings. The number of phenolic OH excluding ortho intramolecular Hbond substituents is 2. The fourth-order valence-corrected chi connectivity index (χ4v) is 17.6. The minimum absolute atomic E-state index is 0. The van der Waals surface area contributed by atoms with Crippen molar-refractivity contribution in [2.75, 3.05) is 99.3 Å². The molecule has 0 aromatic heterocycles. The van der Waals surface area contributed by atoms with E-state index in [1.807, 2.05) is 48.5 Å². The van der Waals surface area contributed by atoms with Gasteiger partial charge in [0.15, 0.2) is 34.5 Å². The molecule has 8 atom stereocenters. The van der Waals surface area contributed by atoms with Crippen LogP contribution in [0.1, 0.15) is 95.9 Å². The summed E-state index contributed by atoms with van der Waals surface area (Å²) in [7, 11) is 16.4. The number of methoxy groups -OCH3 is 10. The molecule has 0 bridgehead atoms. The van der Waals surface area contributed by atoms with Gasteiger partial charge in [-0.25, -0.2) is 16.8 Å². The molecule has 0 spiro atoms. The van der Waals surface area contributed by atoms with Gasteiger partial charge in [0, 0.05) is 70.9 Å². The molecule has 8 aromatic carbocycles. The summed E-state index contributed by atoms with van der Waals surface area (Å²) in [6, 6.07) is 46.5. The first-order valence-electron chi connectivity index (χ1n) is 39.2. The van der Waals surface area contributed by atoms with E-state index in [1.165, 1.54) is 186 Å². The fraction of sp³-hybridized carbons (Fsp3) is 0.326. The van der Waals surface area contributed by atoms with E-state index in [-0.39, 0.29) is 67.7 Å². The van der Waals surface area contributed by atoms with E-state index < -0.39 is 58.9 Å². The summed E-state index contributed by atoms with van der Waals surface area (Å²) in [5.74, 6) is 4.95. The number of hydrogen-bond acceptors (Lipinski definition) is 22. The molecule has 26 nitrogen and oxygen atoms in total. The molecule has 2 radical (unpaired) electrons. The van der Waals surface area contributed by atoms with E-state index in [0.29, 0.717) is 52.4 Å². The van der Waals surface area contributed by atoms with Crippen LogP contribution < -0.4 is 67.0 Å². The Morgan fingerprint density at radius 1 is 0.352 bits per heavy atom. The molecule has 8 aromatic rings. The Kier molecular flexibility index (Phi) is 37.2. The number of aliphatic hydroxyl groups is 2. The van der Waals surface area contributed by atoms with Gasteiger partial charge in [-0.05, 0) is 193 Å². The van der Waals surface area contributed by atoms with Crippen LogP contribution in [0, 0.1) is 0 Å². The van der Waals surface area contributed by atoms with Crippen molar-refractivity contribution in [3.63, 3.8) is 0 Å². The van der Waals surface area contributed by atoms with Gasteiger partial charge in [-0.15, -0.1) is 0 Å². The number of carbonyl (C=O) groups excluding carboxylic acids is 2. The Balaban J connectivity index is 0.000000223. The van der Waals surface area contributed by atoms with Crippen molar-refractivity contribution in [3.05, 3.63) is 261 Å². The Labute approximate surface area is 736 Å². The zero-order valence-corrected chi connectivity index (χ0v) is 74.3. The van der Waals surface area contributed by atoms with E-state index in [9.17, 15) is 56.0 Å². The van der Waals surface area contributed by atoms with Gasteiger partial charge in [0.05, 0.1) is 131 Å². The van der Waals surface area contributed by atoms with Crippen LogP contribution >= 0.6 is 0 Å². The van der Waals surface area contributed by atoms with Crippen LogP contribution in [0.15, 0.2) is 227 Å². The number of rotatable bonds is 28. The number of allylic oxidation sites excluding steroid dienone is 8. The molecule has 0 heterocycles. The number of aromatic hydroxyl groups is 2. The molecule has 12 rings (SSSR count). The topological polar surface area (TPSA) is 340 Å². The van der Waals surface area contributed by atoms with E-state index in [1.54, 1.807) is 81.1 Å². The molecule has 0 aliphatic heterocycles. The monoisotopic (exact) mass is 1810 g/mol. The number of ether oxygens (including phenoxy) is 10. The summed E-state index contributed by atoms with van der Waals surface area (Å²) in [4.78, 5) is 28.3. The van der Waals surface area contributed by atoms with Crippen LogP contribution in [-0.2, 0) is 90.1 Å². The third kappa shape index (κ3) is 25.3. The molecule has 4 unspecified atom stereocenters. The Morgan fingerprint density at radius 3 is 0.918 bits per heavy atom. The summed E-state index contributed by atoms with van der Waals surface area (Å²) in [5, 5.41) is 39.1. The van der Waals surface area contributed by atoms with E-state index in [0.717, 1.165) is 90.4 Å². The molecule has 8 N–H and O–H groups in total. The molecule has 4 aliphatic carbocycles. The number of nitrogens with one attached hydrogen (secondary N) is 4. The molecule has 122 heavy (non-hydrogen) atoms. The molecule has 0 amide bonds. The number of likely N-dealkylation sites (N-methyl/N-ethyl adjacent to an activating group) is 4. The Morgan fingerprint density at radius 2 is 0.639 bits per heavy atom. The van der Waals surface area contributed by atoms with Crippen molar-refractivity contribution in [1.29, 1.82) is 0 Å². The van der Waals surface area contributed by atoms with Crippen molar-refractivity contribution in [1.82, 2.24) is 0 Å². The predicted molar refractivity (Wildman–Crippen MR) is 453 cm³/mol. The van der Waals surface area contributed by atoms with Gasteiger partial charge in [0.2, 0.25) is 11.6 Å². The molecule has 662 valence electrons. The quantitative estimate of drug-likeness (QED) is 0.0129. The summed E-state index contributed by atoms with van der Waals surface area (Å²) in [5.41, 5.74) is 6.80. The maximum absolute atomic E-state index is 11.9. The van der Waals surface area contributed by atoms with E-state index >= 15 is 0 Å². The van der Waals surface area contributed by atoms with Crippen LogP contribution in [0.2, 0.25) is 0 Å². The van der Waals surface area contributed by atoms with Crippen LogP contribution in [0.5, 0.6) is 69.0 Å². The van der Waals surface area contributed by atoms with Crippen molar-refractivity contribution < 1.29 is 157 Å². The predicted octanol–water partition coefficient (Wildman–Crippen LogP) is 8.89. The van der Waals surface area contributed by atoms with Crippen LogP contribution in [0.25, 0.3) is 11.1 Å². The zero-order valence-electron chi connectivity index (χ0n) is 70.8. The third-order valence-electron chi connectivity index (χ3n) is 22.2. The molecule has 2 saturated carbocycles. The van der Waals surface area contributed by atoms with E-state index in [2.05, 4.69) is 52.5 Å². The first kappa shape index (κ1) is 98.6. The molecular formula is C92H110Cu2N4O22S2+2. The summed E-state index contributed by atoms with van der Waals surface area (Å²) >= 11 is 0. The number of aliphatic hydroxyl groups excluding tert-OH is 2. The Bertz CT molecular complexity index is 5100. The van der Waals surface area contributed by atoms with Gasteiger partial charge in [0.1, 0.15) is 117 Å². The zero-order chi connectivity index (χ0) is 87.1. The van der Waals surface area contributed by atoms with Gasteiger partial charge >= 0.3 is 0 Å². The van der Waals surface area contributed by atoms with E-state index in [4.69, 9.17) is 47.4 Å². The molecule has 30 heteroatoms. The minimum Gasteiger partial charge on any atom is -0.744 e. The van der Waals surface area contributed by atoms with Gasteiger partial charge < -0.3 is 96.5 Å². The van der Waals surface area contributed by atoms with Gasteiger partial charge in [0.25, 0.3) is 0 Å². The second-order valence-corrected chi connectivity index (χ2v) is 32.3. The maximum atomic E-state index is 11.9. The average molecular weight is 1820 g/mol. The largest absolute Gasteiger partial charge is 0.744 e. The summed E-state index contributed by atoms with van der Waals surface area (Å²) < 4.78 is 126. The smallest absolute Gasteiger partial charge is 0.220 e. The van der Waals surface area contributed by atoms with Crippen molar-refractivity contribution in [2.24, 2.45) is 0 Å². The summed E-state index contributed by atoms with van der Waals surface area (Å²) in [6.07, 6.45) is 17.6. The van der Waals surface area contributed by atoms with Gasteiger partial charge in [-0.1, -0.05) is 60.7 Å². The maximum Gasteiger partial charge on any atom is 0.220 e. The van der Waals surface area contributed by atoms with Crippen LogP contribution in [0.3, 0.4) is 0 Å². The SMILES string of the molecule is COc1ccc(/C(=C2\C=CC(=O)C(O)=C2)c2ccccc2S(=O)(=O)[O-])cc1OC.COc1ccc(OC)c(C[NH+](C)[C@H]2CCCC[C@@H]2[NH+](C)Cc2cc(OC)ccc2OC)c1.COc1ccc(OC)c(C[NH+](C)[C@H]2CCCC[C@@H]2[NH+](C)Cc2cc(OC)ccc2OC)c1.O=C1C=C/C(=C(\c2ccc(O)c(O)c2)c2ccccc2S(=O)(=O)[O-])C=C1O.[Cu].[Cu]. The van der Waals surface area contributed by atoms with Gasteiger partial charge in [-0.2, -0.15) is 0 Å². The number of quaternary nitrogens is 4. The van der Waals surface area contributed by atoms with Crippen molar-refractivity contribution in [2.45, 2.75) is 112 Å². The number of carbonyl (C=O) groups is 2. The standard InChI is InChI=1S/2C26H38N2O4.C21H18O7S.C19H14O7S.2Cu/c2*1-27(17-19-15-21(29-3)11-13-25(19)31-5)23-9-7-8-10-24(23)28(2)18-20-16-22(30-4)12-14-26(20)32-6;1-27-18-10-8-14(12-19(18)28-2)21(13-7-9-16(22)17(23)11-13)15-5-3-4-6-20(15)29(24,25)26;20-14-7-5-11(9-16(14)22)19(12-6-8-15(21)17(23)10-12)13-3-1-2-4-18(13)27(24,25)26;;/h2*11-16,23-24H,7-10,17-18H2,1-6H3;3-12,23H,1-2H3,(H,24,25,26);1-10,20,22-23H,(H,24,25,26);;/p+2/b;;21-13-;19-12-;;/t2*23-,24-;;;;/m00..../s1. The number of phenols is 2. The second kappa shape index (κ2) is 46.1. The van der Waals surface area contributed by atoms with Crippen molar-refractivity contribution in [3.8, 4) is 69.0 Å². The average Bonchev–Trinajstić information content (AvgIpc) is 0.774. The normalized spacial score (nSPS) is 18.0. The third-order valence-corrected chi connectivity index (χ3v) is 24.0. The first-order chi connectivity index (χ1) is 57.4. The Hall–Kier alpha value is -10.6. The summed E-state index contributed by atoms with van der Waals surface area (Å²) in [6.45, 7) is 3.66. The number of hydrogen-bond donors (Lipinski definition) is 8. The van der Waals surface area contributed by atoms with Crippen LogP contribution in [-0.4, -0.2) is 181 Å². The number of ketones is 2. The molecule has 0 saturated heterocycles. The molecule has 4 aliphatic rings. The fourth-order valence-electron chi connectivity index (χ4n) is 16.2. The van der Waals surface area contributed by atoms with Gasteiger partial charge in [-0.3, -0.25) is 9.59 Å². The van der Waals surface area contributed by atoms with Crippen LogP contribution in [0.4, 0.5) is 0 Å². The minimum atomic E-state index is -4.84. The second-order valence-electron chi connectivity index (χ2n) is 29.6. The molecular weight excluding hydrogens is 1700 g/mol.